The van der Waals surface area contributed by atoms with Gasteiger partial charge < -0.3 is 0 Å². The smallest absolute Gasteiger partial charge is 0.0440 e. The van der Waals surface area contributed by atoms with Gasteiger partial charge in [-0.05, 0) is 54.6 Å². The van der Waals surface area contributed by atoms with Crippen LogP contribution in [0.4, 0.5) is 0 Å². The van der Waals surface area contributed by atoms with Crippen molar-refractivity contribution in [2.24, 2.45) is 0 Å². The van der Waals surface area contributed by atoms with E-state index in [4.69, 9.17) is 0 Å². The molecular weight excluding hydrogens is 617 g/mol. The molecule has 0 saturated carbocycles. The minimum absolute atomic E-state index is 1.25. The van der Waals surface area contributed by atoms with Gasteiger partial charge in [0.2, 0.25) is 0 Å². The van der Waals surface area contributed by atoms with E-state index in [1.54, 1.807) is 0 Å². The van der Waals surface area contributed by atoms with E-state index >= 15 is 0 Å². The molecule has 11 rings (SSSR count). The lowest BCUT2D eigenvalue weighted by atomic mass is 9.94. The molecule has 0 N–H and O–H groups in total. The highest BCUT2D eigenvalue weighted by atomic mass is 32.1. The normalized spacial score (nSPS) is 12.2. The van der Waals surface area contributed by atoms with Gasteiger partial charge in [0.1, 0.15) is 0 Å². The molecule has 0 saturated heterocycles. The van der Waals surface area contributed by atoms with E-state index in [9.17, 15) is 0 Å². The predicted octanol–water partition coefficient (Wildman–Crippen LogP) is 14.4. The zero-order chi connectivity index (χ0) is 31.3. The second-order valence-electron chi connectivity index (χ2n) is 12.7. The zero-order valence-corrected chi connectivity index (χ0v) is 27.5. The Labute approximate surface area is 284 Å². The molecule has 0 unspecified atom stereocenters. The summed E-state index contributed by atoms with van der Waals surface area (Å²) in [5.41, 5.74) is 5.10. The summed E-state index contributed by atoms with van der Waals surface area (Å²) >= 11 is 3.87. The van der Waals surface area contributed by atoms with Gasteiger partial charge in [-0.15, -0.1) is 22.7 Å². The summed E-state index contributed by atoms with van der Waals surface area (Å²) in [7, 11) is 0. The van der Waals surface area contributed by atoms with Gasteiger partial charge in [0.05, 0.1) is 0 Å². The fourth-order valence-corrected chi connectivity index (χ4v) is 10.9. The second-order valence-corrected chi connectivity index (χ2v) is 14.8. The van der Waals surface area contributed by atoms with Gasteiger partial charge in [-0.3, -0.25) is 0 Å². The maximum absolute atomic E-state index is 2.32. The van der Waals surface area contributed by atoms with Crippen LogP contribution in [0.2, 0.25) is 0 Å². The minimum Gasteiger partial charge on any atom is -0.134 e. The first-order valence-corrected chi connectivity index (χ1v) is 18.1. The molecule has 0 nitrogen and oxygen atoms in total. The molecule has 0 aliphatic heterocycles. The minimum atomic E-state index is 1.25. The predicted molar refractivity (Wildman–Crippen MR) is 213 cm³/mol. The number of hydrogen-bond acceptors (Lipinski definition) is 2. The lowest BCUT2D eigenvalue weighted by molar-refractivity contribution is 1.65. The third-order valence-corrected chi connectivity index (χ3v) is 12.8. The monoisotopic (exact) mass is 642 g/mol. The Hall–Kier alpha value is -5.54. The van der Waals surface area contributed by atoms with Crippen LogP contribution in [0.5, 0.6) is 0 Å². The zero-order valence-electron chi connectivity index (χ0n) is 25.8. The standard InChI is InChI=1S/C46H26S2/c1-5-15-35-31(11-1)33-13-3-7-17-37(33)45-41(35)39-21-9-19-29(43(39)47-45)27-23-25-28(26-24-27)30-20-10-22-40-42-36-16-6-2-12-32(36)34-14-4-8-18-38(34)46(42)48-44(30)40/h1-26H. The molecule has 222 valence electrons. The average molecular weight is 643 g/mol. The molecule has 9 aromatic carbocycles. The number of hydrogen-bond donors (Lipinski definition) is 0. The molecule has 2 heteroatoms. The Bertz CT molecular complexity index is 2890. The topological polar surface area (TPSA) is 0 Å². The summed E-state index contributed by atoms with van der Waals surface area (Å²) in [5, 5.41) is 16.1. The molecule has 0 spiro atoms. The Kier molecular flexibility index (Phi) is 5.51. The van der Waals surface area contributed by atoms with E-state index in [-0.39, 0.29) is 0 Å². The van der Waals surface area contributed by atoms with Gasteiger partial charge in [-0.25, -0.2) is 0 Å². The average Bonchev–Trinajstić information content (AvgIpc) is 3.76. The van der Waals surface area contributed by atoms with Crippen molar-refractivity contribution in [3.63, 3.8) is 0 Å². The third kappa shape index (κ3) is 3.59. The summed E-state index contributed by atoms with van der Waals surface area (Å²) in [6.07, 6.45) is 0. The molecule has 0 fully saturated rings. The molecule has 2 heterocycles. The van der Waals surface area contributed by atoms with Crippen LogP contribution >= 0.6 is 22.7 Å². The van der Waals surface area contributed by atoms with Crippen molar-refractivity contribution >= 4 is 106 Å². The van der Waals surface area contributed by atoms with Crippen molar-refractivity contribution in [2.45, 2.75) is 0 Å². The highest BCUT2D eigenvalue weighted by Gasteiger charge is 2.18. The van der Waals surface area contributed by atoms with Crippen molar-refractivity contribution in [3.8, 4) is 22.3 Å². The molecule has 0 aliphatic rings. The molecule has 11 aromatic rings. The van der Waals surface area contributed by atoms with Crippen LogP contribution in [0.1, 0.15) is 0 Å². The first kappa shape index (κ1) is 26.5. The molecule has 0 radical (unpaired) electrons. The summed E-state index contributed by atoms with van der Waals surface area (Å²) < 4.78 is 5.46. The third-order valence-electron chi connectivity index (χ3n) is 10.3. The first-order chi connectivity index (χ1) is 23.8. The van der Waals surface area contributed by atoms with Crippen molar-refractivity contribution < 1.29 is 0 Å². The summed E-state index contributed by atoms with van der Waals surface area (Å²) in [6, 6.07) is 58.5. The number of rotatable bonds is 2. The van der Waals surface area contributed by atoms with Crippen LogP contribution in [0.15, 0.2) is 158 Å². The van der Waals surface area contributed by atoms with Crippen LogP contribution in [0, 0.1) is 0 Å². The van der Waals surface area contributed by atoms with Crippen LogP contribution in [0.25, 0.3) is 106 Å². The van der Waals surface area contributed by atoms with Gasteiger partial charge in [0.25, 0.3) is 0 Å². The summed E-state index contributed by atoms with van der Waals surface area (Å²) in [4.78, 5) is 0. The van der Waals surface area contributed by atoms with Crippen molar-refractivity contribution in [1.29, 1.82) is 0 Å². The van der Waals surface area contributed by atoms with Crippen molar-refractivity contribution in [2.75, 3.05) is 0 Å². The fraction of sp³-hybridized carbons (Fsp3) is 0. The molecule has 48 heavy (non-hydrogen) atoms. The van der Waals surface area contributed by atoms with E-state index in [1.165, 1.54) is 106 Å². The van der Waals surface area contributed by atoms with Gasteiger partial charge >= 0.3 is 0 Å². The number of thiophene rings is 2. The van der Waals surface area contributed by atoms with E-state index < -0.39 is 0 Å². The summed E-state index contributed by atoms with van der Waals surface area (Å²) in [6.45, 7) is 0. The highest BCUT2D eigenvalue weighted by Crippen LogP contribution is 2.48. The SMILES string of the molecule is c1ccc2c(c1)c1ccccc1c1c3cccc(-c4ccc(-c5cccc6c5sc5c7ccccc7c7ccccc7c65)cc4)c3sc21. The fourth-order valence-electron chi connectivity index (χ4n) is 8.14. The lowest BCUT2D eigenvalue weighted by Gasteiger charge is -2.08. The lowest BCUT2D eigenvalue weighted by Crippen LogP contribution is -1.82. The Morgan fingerprint density at radius 3 is 0.938 bits per heavy atom. The van der Waals surface area contributed by atoms with Gasteiger partial charge in [-0.1, -0.05) is 158 Å². The van der Waals surface area contributed by atoms with Gasteiger partial charge in [-0.2, -0.15) is 0 Å². The van der Waals surface area contributed by atoms with Gasteiger partial charge in [0, 0.05) is 51.1 Å². The molecule has 0 bridgehead atoms. The Balaban J connectivity index is 1.11. The van der Waals surface area contributed by atoms with E-state index in [1.807, 2.05) is 22.7 Å². The van der Waals surface area contributed by atoms with E-state index in [2.05, 4.69) is 158 Å². The molecule has 0 aliphatic carbocycles. The second kappa shape index (κ2) is 9.98. The maximum Gasteiger partial charge on any atom is 0.0440 e. The van der Waals surface area contributed by atoms with Crippen molar-refractivity contribution in [1.82, 2.24) is 0 Å². The molecule has 0 amide bonds. The van der Waals surface area contributed by atoms with Crippen LogP contribution in [0.3, 0.4) is 0 Å². The van der Waals surface area contributed by atoms with E-state index in [0.29, 0.717) is 0 Å². The highest BCUT2D eigenvalue weighted by molar-refractivity contribution is 7.28. The van der Waals surface area contributed by atoms with E-state index in [0.717, 1.165) is 0 Å². The quantitative estimate of drug-likeness (QED) is 0.165. The Morgan fingerprint density at radius 1 is 0.229 bits per heavy atom. The number of benzene rings is 9. The summed E-state index contributed by atoms with van der Waals surface area (Å²) in [5.74, 6) is 0. The molecule has 0 atom stereocenters. The van der Waals surface area contributed by atoms with Crippen LogP contribution in [-0.4, -0.2) is 0 Å². The van der Waals surface area contributed by atoms with Gasteiger partial charge in [0.15, 0.2) is 0 Å². The first-order valence-electron chi connectivity index (χ1n) is 16.4. The largest absolute Gasteiger partial charge is 0.134 e. The van der Waals surface area contributed by atoms with Crippen molar-refractivity contribution in [3.05, 3.63) is 158 Å². The maximum atomic E-state index is 2.32. The van der Waals surface area contributed by atoms with Crippen LogP contribution in [-0.2, 0) is 0 Å². The molecular formula is C46H26S2. The molecule has 2 aromatic heterocycles. The Morgan fingerprint density at radius 2 is 0.542 bits per heavy atom. The van der Waals surface area contributed by atoms with Crippen LogP contribution < -0.4 is 0 Å². The number of fused-ring (bicyclic) bond motifs is 16.